The van der Waals surface area contributed by atoms with Crippen LogP contribution in [0.25, 0.3) is 0 Å². The van der Waals surface area contributed by atoms with Gasteiger partial charge in [0.1, 0.15) is 0 Å². The van der Waals surface area contributed by atoms with Crippen LogP contribution in [0, 0.1) is 6.92 Å². The van der Waals surface area contributed by atoms with Gasteiger partial charge in [0, 0.05) is 22.5 Å². The molecule has 11 heteroatoms. The number of likely N-dealkylation sites (N-methyl/N-ethyl adjacent to an activating group) is 1. The third-order valence-electron chi connectivity index (χ3n) is 5.83. The highest BCUT2D eigenvalue weighted by atomic mass is 32.2. The topological polar surface area (TPSA) is 99.6 Å². The lowest BCUT2D eigenvalue weighted by Crippen LogP contribution is -2.54. The Morgan fingerprint density at radius 3 is 2.72 bits per heavy atom. The third-order valence-corrected chi connectivity index (χ3v) is 8.65. The minimum absolute atomic E-state index is 0.225. The van der Waals surface area contributed by atoms with Crippen molar-refractivity contribution in [1.82, 2.24) is 19.4 Å². The number of piperidine rings is 1. The summed E-state index contributed by atoms with van der Waals surface area (Å²) in [5.41, 5.74) is 1.15. The van der Waals surface area contributed by atoms with E-state index in [1.807, 2.05) is 38.6 Å². The van der Waals surface area contributed by atoms with Crippen molar-refractivity contribution < 1.29 is 13.2 Å². The van der Waals surface area contributed by atoms with Crippen LogP contribution in [0.2, 0.25) is 0 Å². The molecule has 2 fully saturated rings. The number of nitrogens with one attached hydrogen (secondary N) is 2. The molecule has 1 saturated carbocycles. The van der Waals surface area contributed by atoms with Crippen molar-refractivity contribution in [2.24, 2.45) is 0 Å². The van der Waals surface area contributed by atoms with E-state index in [9.17, 15) is 13.2 Å². The predicted molar refractivity (Wildman–Crippen MR) is 128 cm³/mol. The standard InChI is InChI=1S/C21H32N6O3S2/c1-14(2)20-19(10-15(3)31-20)23-21(28)24-32(29,30)27(17-6-5-9-25(4)12-17)18-11-22-26(13-18)16-7-8-16/h10-11,13-14,16-17H,5-9,12H2,1-4H3,(H2,23,24,28). The SMILES string of the molecule is Cc1cc(NC(=O)NS(=O)(=O)N(c2cnn(C3CC3)c2)C2CCCN(C)C2)c(C(C)C)s1. The summed E-state index contributed by atoms with van der Waals surface area (Å²) >= 11 is 1.60. The van der Waals surface area contributed by atoms with Gasteiger partial charge in [-0.3, -0.25) is 4.68 Å². The minimum Gasteiger partial charge on any atom is -0.306 e. The van der Waals surface area contributed by atoms with Crippen molar-refractivity contribution in [2.75, 3.05) is 29.8 Å². The molecule has 1 aliphatic carbocycles. The zero-order valence-corrected chi connectivity index (χ0v) is 20.7. The van der Waals surface area contributed by atoms with Crippen molar-refractivity contribution in [3.8, 4) is 0 Å². The van der Waals surface area contributed by atoms with E-state index in [-0.39, 0.29) is 12.0 Å². The largest absolute Gasteiger partial charge is 0.334 e. The summed E-state index contributed by atoms with van der Waals surface area (Å²) in [4.78, 5) is 17.0. The number of hydrogen-bond donors (Lipinski definition) is 2. The van der Waals surface area contributed by atoms with E-state index in [2.05, 4.69) is 20.0 Å². The van der Waals surface area contributed by atoms with Crippen LogP contribution in [0.5, 0.6) is 0 Å². The maximum absolute atomic E-state index is 13.5. The molecule has 2 aromatic rings. The molecule has 4 rings (SSSR count). The summed E-state index contributed by atoms with van der Waals surface area (Å²) in [6.07, 6.45) is 7.09. The molecule has 1 unspecified atom stereocenters. The number of aryl methyl sites for hydroxylation is 1. The number of likely N-dealkylation sites (tertiary alicyclic amines) is 1. The number of anilines is 2. The average Bonchev–Trinajstić information content (AvgIpc) is 3.32. The van der Waals surface area contributed by atoms with E-state index >= 15 is 0 Å². The Balaban J connectivity index is 1.57. The van der Waals surface area contributed by atoms with Gasteiger partial charge in [-0.05, 0) is 58.2 Å². The summed E-state index contributed by atoms with van der Waals surface area (Å²) in [5, 5.41) is 7.12. The highest BCUT2D eigenvalue weighted by molar-refractivity contribution is 7.91. The maximum atomic E-state index is 13.5. The first-order valence-corrected chi connectivity index (χ1v) is 13.4. The Morgan fingerprint density at radius 1 is 1.31 bits per heavy atom. The molecule has 2 aliphatic rings. The highest BCUT2D eigenvalue weighted by Crippen LogP contribution is 2.36. The van der Waals surface area contributed by atoms with Crippen LogP contribution in [0.3, 0.4) is 0 Å². The van der Waals surface area contributed by atoms with Gasteiger partial charge in [-0.15, -0.1) is 11.3 Å². The maximum Gasteiger partial charge on any atom is 0.334 e. The first kappa shape index (κ1) is 23.1. The van der Waals surface area contributed by atoms with Crippen LogP contribution in [0.4, 0.5) is 16.2 Å². The van der Waals surface area contributed by atoms with Crippen molar-refractivity contribution in [3.63, 3.8) is 0 Å². The number of carbonyl (C=O) groups is 1. The molecule has 2 N–H and O–H groups in total. The van der Waals surface area contributed by atoms with Gasteiger partial charge in [-0.25, -0.2) is 13.8 Å². The number of thiophene rings is 1. The first-order valence-electron chi connectivity index (χ1n) is 11.1. The second-order valence-corrected chi connectivity index (χ2v) is 12.0. The second kappa shape index (κ2) is 9.03. The fourth-order valence-corrected chi connectivity index (χ4v) is 6.53. The lowest BCUT2D eigenvalue weighted by atomic mass is 10.1. The number of nitrogens with zero attached hydrogens (tertiary/aromatic N) is 4. The van der Waals surface area contributed by atoms with Crippen LogP contribution in [0.1, 0.15) is 61.2 Å². The van der Waals surface area contributed by atoms with Crippen molar-refractivity contribution >= 4 is 39.0 Å². The molecule has 1 saturated heterocycles. The Kier molecular flexibility index (Phi) is 6.51. The molecule has 1 aliphatic heterocycles. The molecule has 0 radical (unpaired) electrons. The summed E-state index contributed by atoms with van der Waals surface area (Å²) in [7, 11) is -2.16. The minimum atomic E-state index is -4.14. The molecule has 1 atom stereocenters. The number of aromatic nitrogens is 2. The zero-order valence-electron chi connectivity index (χ0n) is 19.0. The summed E-state index contributed by atoms with van der Waals surface area (Å²) in [6.45, 7) is 7.58. The molecule has 0 spiro atoms. The van der Waals surface area contributed by atoms with Gasteiger partial charge in [0.25, 0.3) is 0 Å². The van der Waals surface area contributed by atoms with Crippen LogP contribution >= 0.6 is 11.3 Å². The molecule has 3 heterocycles. The molecule has 2 amide bonds. The summed E-state index contributed by atoms with van der Waals surface area (Å²) in [6, 6.07) is 1.19. The first-order chi connectivity index (χ1) is 15.1. The summed E-state index contributed by atoms with van der Waals surface area (Å²) < 4.78 is 32.3. The fourth-order valence-electron chi connectivity index (χ4n) is 4.23. The van der Waals surface area contributed by atoms with E-state index < -0.39 is 16.2 Å². The second-order valence-electron chi connectivity index (χ2n) is 9.11. The average molecular weight is 481 g/mol. The van der Waals surface area contributed by atoms with Crippen LogP contribution < -0.4 is 14.3 Å². The Morgan fingerprint density at radius 2 is 2.06 bits per heavy atom. The number of hydrogen-bond acceptors (Lipinski definition) is 6. The molecule has 0 aromatic carbocycles. The number of amides is 2. The lowest BCUT2D eigenvalue weighted by Gasteiger charge is -2.37. The van der Waals surface area contributed by atoms with E-state index in [4.69, 9.17) is 0 Å². The molecule has 2 aromatic heterocycles. The Bertz CT molecular complexity index is 1070. The van der Waals surface area contributed by atoms with Gasteiger partial charge < -0.3 is 10.2 Å². The van der Waals surface area contributed by atoms with E-state index in [0.717, 1.165) is 42.0 Å². The van der Waals surface area contributed by atoms with Crippen molar-refractivity contribution in [2.45, 2.75) is 64.5 Å². The van der Waals surface area contributed by atoms with Gasteiger partial charge in [-0.2, -0.15) is 13.5 Å². The number of carbonyl (C=O) groups excluding carboxylic acids is 1. The normalized spacial score (nSPS) is 19.8. The van der Waals surface area contributed by atoms with E-state index in [0.29, 0.717) is 24.0 Å². The van der Waals surface area contributed by atoms with E-state index in [1.165, 1.54) is 4.31 Å². The van der Waals surface area contributed by atoms with Gasteiger partial charge in [0.05, 0.1) is 29.7 Å². The third kappa shape index (κ3) is 5.10. The Labute approximate surface area is 194 Å². The monoisotopic (exact) mass is 480 g/mol. The number of rotatable bonds is 7. The van der Waals surface area contributed by atoms with Crippen molar-refractivity contribution in [1.29, 1.82) is 0 Å². The molecule has 0 bridgehead atoms. The van der Waals surface area contributed by atoms with Gasteiger partial charge >= 0.3 is 16.2 Å². The molecular weight excluding hydrogens is 448 g/mol. The lowest BCUT2D eigenvalue weighted by molar-refractivity contribution is 0.251. The number of urea groups is 1. The smallest absolute Gasteiger partial charge is 0.306 e. The highest BCUT2D eigenvalue weighted by Gasteiger charge is 2.36. The Hall–Kier alpha value is -2.11. The fraction of sp³-hybridized carbons (Fsp3) is 0.619. The van der Waals surface area contributed by atoms with E-state index in [1.54, 1.807) is 23.7 Å². The zero-order chi connectivity index (χ0) is 23.0. The molecule has 176 valence electrons. The van der Waals surface area contributed by atoms with Crippen LogP contribution in [0.15, 0.2) is 18.5 Å². The molecular formula is C21H32N6O3S2. The van der Waals surface area contributed by atoms with Gasteiger partial charge in [0.15, 0.2) is 0 Å². The summed E-state index contributed by atoms with van der Waals surface area (Å²) in [5.74, 6) is 0.225. The molecule has 32 heavy (non-hydrogen) atoms. The quantitative estimate of drug-likeness (QED) is 0.630. The molecule has 9 nitrogen and oxygen atoms in total. The van der Waals surface area contributed by atoms with Gasteiger partial charge in [0.2, 0.25) is 0 Å². The van der Waals surface area contributed by atoms with Crippen LogP contribution in [-0.2, 0) is 10.2 Å². The predicted octanol–water partition coefficient (Wildman–Crippen LogP) is 3.68. The van der Waals surface area contributed by atoms with Crippen LogP contribution in [-0.4, -0.2) is 55.3 Å². The van der Waals surface area contributed by atoms with Gasteiger partial charge in [-0.1, -0.05) is 13.8 Å². The van der Waals surface area contributed by atoms with Crippen molar-refractivity contribution in [3.05, 3.63) is 28.2 Å².